The number of allylic oxidation sites excluding steroid dienone is 2. The van der Waals surface area contributed by atoms with Crippen LogP contribution in [0, 0.1) is 0 Å². The highest BCUT2D eigenvalue weighted by molar-refractivity contribution is 7.99. The second kappa shape index (κ2) is 9.16. The maximum atomic E-state index is 3.55. The van der Waals surface area contributed by atoms with Gasteiger partial charge in [0, 0.05) is 32.5 Å². The van der Waals surface area contributed by atoms with Gasteiger partial charge in [-0.2, -0.15) is 0 Å². The van der Waals surface area contributed by atoms with Gasteiger partial charge in [-0.25, -0.2) is 0 Å². The fourth-order valence-electron chi connectivity index (χ4n) is 4.49. The van der Waals surface area contributed by atoms with E-state index in [9.17, 15) is 0 Å². The van der Waals surface area contributed by atoms with Crippen molar-refractivity contribution in [1.29, 1.82) is 0 Å². The Hall–Kier alpha value is -3.89. The normalized spacial score (nSPS) is 16.0. The lowest BCUT2D eigenvalue weighted by atomic mass is 10.0. The number of hydrogen-bond donors (Lipinski definition) is 2. The maximum Gasteiger partial charge on any atom is 0.0560 e. The van der Waals surface area contributed by atoms with E-state index in [0.717, 1.165) is 29.2 Å². The predicted octanol–water partition coefficient (Wildman–Crippen LogP) is 8.66. The second-order valence-corrected chi connectivity index (χ2v) is 9.52. The van der Waals surface area contributed by atoms with Gasteiger partial charge in [0.1, 0.15) is 0 Å². The van der Waals surface area contributed by atoms with Crippen LogP contribution >= 0.6 is 11.8 Å². The lowest BCUT2D eigenvalue weighted by Gasteiger charge is -2.38. The molecule has 1 aliphatic carbocycles. The lowest BCUT2D eigenvalue weighted by molar-refractivity contribution is 0.770. The molecule has 166 valence electrons. The maximum absolute atomic E-state index is 3.55. The van der Waals surface area contributed by atoms with Gasteiger partial charge < -0.3 is 15.5 Å². The Morgan fingerprint density at radius 1 is 0.618 bits per heavy atom. The van der Waals surface area contributed by atoms with Crippen LogP contribution in [0.5, 0.6) is 0 Å². The van der Waals surface area contributed by atoms with E-state index in [1.54, 1.807) is 0 Å². The van der Waals surface area contributed by atoms with Gasteiger partial charge in [-0.3, -0.25) is 0 Å². The first-order valence-electron chi connectivity index (χ1n) is 11.6. The Labute approximate surface area is 204 Å². The van der Waals surface area contributed by atoms with Crippen molar-refractivity contribution in [1.82, 2.24) is 0 Å². The molecular formula is C30H25N3S. The molecule has 0 aromatic heterocycles. The van der Waals surface area contributed by atoms with Crippen molar-refractivity contribution in [3.05, 3.63) is 121 Å². The van der Waals surface area contributed by atoms with Crippen molar-refractivity contribution in [3.63, 3.8) is 0 Å². The van der Waals surface area contributed by atoms with Gasteiger partial charge in [0.25, 0.3) is 0 Å². The molecule has 0 bridgehead atoms. The Morgan fingerprint density at radius 3 is 1.68 bits per heavy atom. The van der Waals surface area contributed by atoms with Crippen LogP contribution in [0.15, 0.2) is 131 Å². The molecule has 4 aromatic carbocycles. The zero-order valence-electron chi connectivity index (χ0n) is 18.7. The smallest absolute Gasteiger partial charge is 0.0560 e. The molecule has 0 spiro atoms. The Morgan fingerprint density at radius 2 is 1.18 bits per heavy atom. The van der Waals surface area contributed by atoms with Crippen LogP contribution in [0.2, 0.25) is 0 Å². The molecule has 1 atom stereocenters. The van der Waals surface area contributed by atoms with E-state index in [2.05, 4.69) is 125 Å². The summed E-state index contributed by atoms with van der Waals surface area (Å²) in [5, 5.41) is 7.09. The number of nitrogens with zero attached hydrogens (tertiary/aromatic N) is 1. The van der Waals surface area contributed by atoms with Gasteiger partial charge >= 0.3 is 0 Å². The van der Waals surface area contributed by atoms with Crippen LogP contribution in [-0.2, 0) is 0 Å². The van der Waals surface area contributed by atoms with E-state index >= 15 is 0 Å². The highest BCUT2D eigenvalue weighted by Gasteiger charge is 2.28. The van der Waals surface area contributed by atoms with Gasteiger partial charge in [-0.05, 0) is 67.1 Å². The van der Waals surface area contributed by atoms with Gasteiger partial charge in [-0.15, -0.1) is 0 Å². The summed E-state index contributed by atoms with van der Waals surface area (Å²) >= 11 is 1.84. The van der Waals surface area contributed by atoms with Gasteiger partial charge in [0.05, 0.1) is 17.4 Å². The van der Waals surface area contributed by atoms with E-state index in [-0.39, 0.29) is 0 Å². The first-order valence-corrected chi connectivity index (χ1v) is 12.4. The quantitative estimate of drug-likeness (QED) is 0.312. The minimum atomic E-state index is 0.296. The number of hydrogen-bond acceptors (Lipinski definition) is 4. The number of anilines is 6. The molecule has 34 heavy (non-hydrogen) atoms. The van der Waals surface area contributed by atoms with Crippen LogP contribution in [-0.4, -0.2) is 6.04 Å². The minimum absolute atomic E-state index is 0.296. The molecule has 0 amide bonds. The first kappa shape index (κ1) is 20.7. The summed E-state index contributed by atoms with van der Waals surface area (Å²) in [4.78, 5) is 5.00. The standard InChI is InChI=1S/C30H25N3S/c1-4-10-22(11-5-1)31-24-16-18-27-29(20-24)34-30-21-25(32-23-12-6-2-7-13-23)17-19-28(30)33(27)26-14-8-3-9-15-26/h1-14,16-21,26,31-32H,15H2. The van der Waals surface area contributed by atoms with Crippen LogP contribution < -0.4 is 15.5 Å². The summed E-state index contributed by atoms with van der Waals surface area (Å²) in [7, 11) is 0. The molecule has 3 nitrogen and oxygen atoms in total. The molecule has 1 unspecified atom stereocenters. The molecule has 2 N–H and O–H groups in total. The molecule has 0 radical (unpaired) electrons. The van der Waals surface area contributed by atoms with Crippen molar-refractivity contribution in [3.8, 4) is 0 Å². The van der Waals surface area contributed by atoms with Crippen molar-refractivity contribution < 1.29 is 0 Å². The Bertz CT molecular complexity index is 1270. The fourth-order valence-corrected chi connectivity index (χ4v) is 5.64. The van der Waals surface area contributed by atoms with Crippen LogP contribution in [0.25, 0.3) is 0 Å². The molecule has 1 aliphatic heterocycles. The predicted molar refractivity (Wildman–Crippen MR) is 145 cm³/mol. The fraction of sp³-hybridized carbons (Fsp3) is 0.0667. The third kappa shape index (κ3) is 4.20. The van der Waals surface area contributed by atoms with Gasteiger partial charge in [-0.1, -0.05) is 72.5 Å². The SMILES string of the molecule is C1=CCC(N2c3ccc(Nc4ccccc4)cc3Sc3cc(Nc4ccccc4)ccc32)C=C1. The Kier molecular flexibility index (Phi) is 5.58. The molecule has 0 saturated carbocycles. The van der Waals surface area contributed by atoms with Crippen molar-refractivity contribution in [2.24, 2.45) is 0 Å². The highest BCUT2D eigenvalue weighted by atomic mass is 32.2. The summed E-state index contributed by atoms with van der Waals surface area (Å²) in [6, 6.07) is 34.3. The average Bonchev–Trinajstić information content (AvgIpc) is 2.89. The van der Waals surface area contributed by atoms with Crippen LogP contribution in [0.4, 0.5) is 34.1 Å². The third-order valence-corrected chi connectivity index (χ3v) is 7.17. The molecular weight excluding hydrogens is 434 g/mol. The average molecular weight is 460 g/mol. The summed E-state index contributed by atoms with van der Waals surface area (Å²) in [5.74, 6) is 0. The Balaban J connectivity index is 1.37. The largest absolute Gasteiger partial charge is 0.355 e. The summed E-state index contributed by atoms with van der Waals surface area (Å²) in [6.07, 6.45) is 9.84. The molecule has 0 saturated heterocycles. The number of fused-ring (bicyclic) bond motifs is 2. The number of benzene rings is 4. The third-order valence-electron chi connectivity index (χ3n) is 6.07. The molecule has 2 aliphatic rings. The second-order valence-electron chi connectivity index (χ2n) is 8.44. The van der Waals surface area contributed by atoms with Crippen molar-refractivity contribution in [2.45, 2.75) is 22.3 Å². The van der Waals surface area contributed by atoms with Crippen molar-refractivity contribution >= 4 is 45.9 Å². The molecule has 4 aromatic rings. The van der Waals surface area contributed by atoms with Crippen molar-refractivity contribution in [2.75, 3.05) is 15.5 Å². The number of rotatable bonds is 5. The van der Waals surface area contributed by atoms with E-state index in [1.807, 2.05) is 23.9 Å². The van der Waals surface area contributed by atoms with E-state index in [4.69, 9.17) is 0 Å². The topological polar surface area (TPSA) is 27.3 Å². The zero-order valence-corrected chi connectivity index (χ0v) is 19.5. The first-order chi connectivity index (χ1) is 16.8. The van der Waals surface area contributed by atoms with E-state index in [1.165, 1.54) is 21.2 Å². The molecule has 0 fully saturated rings. The zero-order chi connectivity index (χ0) is 22.7. The molecule has 1 heterocycles. The monoisotopic (exact) mass is 459 g/mol. The van der Waals surface area contributed by atoms with Crippen LogP contribution in [0.1, 0.15) is 6.42 Å². The number of para-hydroxylation sites is 2. The van der Waals surface area contributed by atoms with Gasteiger partial charge in [0.2, 0.25) is 0 Å². The van der Waals surface area contributed by atoms with E-state index < -0.39 is 0 Å². The summed E-state index contributed by atoms with van der Waals surface area (Å²) in [6.45, 7) is 0. The lowest BCUT2D eigenvalue weighted by Crippen LogP contribution is -2.31. The summed E-state index contributed by atoms with van der Waals surface area (Å²) in [5.41, 5.74) is 6.89. The number of nitrogens with one attached hydrogen (secondary N) is 2. The molecule has 4 heteroatoms. The molecule has 6 rings (SSSR count). The minimum Gasteiger partial charge on any atom is -0.355 e. The van der Waals surface area contributed by atoms with E-state index in [0.29, 0.717) is 6.04 Å². The van der Waals surface area contributed by atoms with Gasteiger partial charge in [0.15, 0.2) is 0 Å². The van der Waals surface area contributed by atoms with Crippen LogP contribution in [0.3, 0.4) is 0 Å². The highest BCUT2D eigenvalue weighted by Crippen LogP contribution is 2.51. The summed E-state index contributed by atoms with van der Waals surface area (Å²) < 4.78 is 0.